The van der Waals surface area contributed by atoms with Gasteiger partial charge in [-0.3, -0.25) is 10.1 Å². The molecule has 0 aromatic heterocycles. The van der Waals surface area contributed by atoms with Crippen LogP contribution in [0.4, 0.5) is 10.1 Å². The fraction of sp³-hybridized carbons (Fsp3) is 0.455. The van der Waals surface area contributed by atoms with Gasteiger partial charge in [0.2, 0.25) is 5.82 Å². The fourth-order valence-corrected chi connectivity index (χ4v) is 1.24. The van der Waals surface area contributed by atoms with Gasteiger partial charge in [0.15, 0.2) is 0 Å². The number of nitrogens with zero attached hydrogens (tertiary/aromatic N) is 1. The standard InChI is InChI=1S/C11H15FN2O3/c1-8(2)13-5-6-17-9-3-4-11(14(15)16)10(12)7-9/h3-4,7-8,13H,5-6H2,1-2H3. The largest absolute Gasteiger partial charge is 0.492 e. The van der Waals surface area contributed by atoms with Gasteiger partial charge in [-0.2, -0.15) is 4.39 Å². The zero-order valence-corrected chi connectivity index (χ0v) is 9.77. The van der Waals surface area contributed by atoms with Gasteiger partial charge in [-0.15, -0.1) is 0 Å². The van der Waals surface area contributed by atoms with Crippen LogP contribution >= 0.6 is 0 Å². The zero-order valence-electron chi connectivity index (χ0n) is 9.77. The number of nitro benzene ring substituents is 1. The second-order valence-electron chi connectivity index (χ2n) is 3.83. The van der Waals surface area contributed by atoms with Crippen molar-refractivity contribution in [2.45, 2.75) is 19.9 Å². The Morgan fingerprint density at radius 3 is 2.76 bits per heavy atom. The predicted molar refractivity (Wildman–Crippen MR) is 61.7 cm³/mol. The molecule has 0 unspecified atom stereocenters. The van der Waals surface area contributed by atoms with Crippen LogP contribution in [-0.2, 0) is 0 Å². The van der Waals surface area contributed by atoms with Crippen LogP contribution < -0.4 is 10.1 Å². The van der Waals surface area contributed by atoms with Crippen molar-refractivity contribution in [1.29, 1.82) is 0 Å². The molecule has 0 radical (unpaired) electrons. The van der Waals surface area contributed by atoms with E-state index in [-0.39, 0.29) is 0 Å². The van der Waals surface area contributed by atoms with Gasteiger partial charge < -0.3 is 10.1 Å². The molecule has 0 saturated carbocycles. The Kier molecular flexibility index (Phi) is 4.84. The maximum atomic E-state index is 13.2. The van der Waals surface area contributed by atoms with Crippen LogP contribution in [0, 0.1) is 15.9 Å². The van der Waals surface area contributed by atoms with Crippen LogP contribution in [0.2, 0.25) is 0 Å². The van der Waals surface area contributed by atoms with E-state index in [1.54, 1.807) is 0 Å². The topological polar surface area (TPSA) is 64.4 Å². The average molecular weight is 242 g/mol. The Balaban J connectivity index is 2.50. The number of nitrogens with one attached hydrogen (secondary N) is 1. The molecule has 1 rings (SSSR count). The van der Waals surface area contributed by atoms with Gasteiger partial charge in [-0.25, -0.2) is 0 Å². The molecule has 1 N–H and O–H groups in total. The Morgan fingerprint density at radius 1 is 1.53 bits per heavy atom. The molecule has 0 aliphatic carbocycles. The molecule has 6 heteroatoms. The van der Waals surface area contributed by atoms with Crippen molar-refractivity contribution < 1.29 is 14.1 Å². The van der Waals surface area contributed by atoms with E-state index in [9.17, 15) is 14.5 Å². The molecule has 0 aliphatic rings. The number of nitro groups is 1. The predicted octanol–water partition coefficient (Wildman–Crippen LogP) is 2.11. The first-order valence-electron chi connectivity index (χ1n) is 5.31. The van der Waals surface area contributed by atoms with Gasteiger partial charge in [-0.1, -0.05) is 13.8 Å². The molecule has 94 valence electrons. The highest BCUT2D eigenvalue weighted by Crippen LogP contribution is 2.22. The molecule has 0 amide bonds. The second kappa shape index (κ2) is 6.15. The van der Waals surface area contributed by atoms with Crippen LogP contribution in [0.15, 0.2) is 18.2 Å². The van der Waals surface area contributed by atoms with E-state index in [0.29, 0.717) is 24.9 Å². The summed E-state index contributed by atoms with van der Waals surface area (Å²) in [5.74, 6) is -0.594. The number of halogens is 1. The van der Waals surface area contributed by atoms with E-state index in [1.807, 2.05) is 13.8 Å². The van der Waals surface area contributed by atoms with Crippen molar-refractivity contribution in [2.24, 2.45) is 0 Å². The highest BCUT2D eigenvalue weighted by atomic mass is 19.1. The summed E-state index contributed by atoms with van der Waals surface area (Å²) < 4.78 is 18.4. The van der Waals surface area contributed by atoms with Crippen molar-refractivity contribution in [3.05, 3.63) is 34.1 Å². The molecule has 17 heavy (non-hydrogen) atoms. The SMILES string of the molecule is CC(C)NCCOc1ccc([N+](=O)[O-])c(F)c1. The molecular weight excluding hydrogens is 227 g/mol. The molecule has 0 aliphatic heterocycles. The molecule has 1 aromatic rings. The zero-order chi connectivity index (χ0) is 12.8. The lowest BCUT2D eigenvalue weighted by atomic mass is 10.3. The first-order chi connectivity index (χ1) is 8.00. The molecule has 0 heterocycles. The van der Waals surface area contributed by atoms with Gasteiger partial charge in [0.05, 0.1) is 4.92 Å². The minimum atomic E-state index is -0.885. The van der Waals surface area contributed by atoms with Gasteiger partial charge in [0.1, 0.15) is 12.4 Å². The monoisotopic (exact) mass is 242 g/mol. The first-order valence-corrected chi connectivity index (χ1v) is 5.31. The molecule has 5 nitrogen and oxygen atoms in total. The van der Waals surface area contributed by atoms with E-state index in [1.165, 1.54) is 6.07 Å². The van der Waals surface area contributed by atoms with E-state index in [0.717, 1.165) is 12.1 Å². The lowest BCUT2D eigenvalue weighted by Crippen LogP contribution is -2.27. The summed E-state index contributed by atoms with van der Waals surface area (Å²) in [6, 6.07) is 3.86. The summed E-state index contributed by atoms with van der Waals surface area (Å²) in [5.41, 5.74) is -0.544. The lowest BCUT2D eigenvalue weighted by Gasteiger charge is -2.09. The van der Waals surface area contributed by atoms with E-state index < -0.39 is 16.4 Å². The highest BCUT2D eigenvalue weighted by molar-refractivity contribution is 5.37. The maximum absolute atomic E-state index is 13.2. The number of hydrogen-bond donors (Lipinski definition) is 1. The number of benzene rings is 1. The third-order valence-electron chi connectivity index (χ3n) is 2.04. The quantitative estimate of drug-likeness (QED) is 0.471. The van der Waals surface area contributed by atoms with E-state index >= 15 is 0 Å². The summed E-state index contributed by atoms with van der Waals surface area (Å²) in [7, 11) is 0. The second-order valence-corrected chi connectivity index (χ2v) is 3.83. The number of ether oxygens (including phenoxy) is 1. The van der Waals surface area contributed by atoms with Gasteiger partial charge in [-0.05, 0) is 6.07 Å². The Labute approximate surface area is 98.7 Å². The van der Waals surface area contributed by atoms with Gasteiger partial charge >= 0.3 is 5.69 Å². The number of rotatable bonds is 6. The van der Waals surface area contributed by atoms with Crippen LogP contribution in [0.5, 0.6) is 5.75 Å². The average Bonchev–Trinajstić information content (AvgIpc) is 2.23. The van der Waals surface area contributed by atoms with Crippen LogP contribution in [-0.4, -0.2) is 24.1 Å². The molecule has 0 bridgehead atoms. The van der Waals surface area contributed by atoms with Gasteiger partial charge in [0, 0.05) is 24.7 Å². The van der Waals surface area contributed by atoms with E-state index in [2.05, 4.69) is 5.32 Å². The molecule has 0 spiro atoms. The van der Waals surface area contributed by atoms with Crippen molar-refractivity contribution in [3.8, 4) is 5.75 Å². The summed E-state index contributed by atoms with van der Waals surface area (Å²) in [6.45, 7) is 5.03. The van der Waals surface area contributed by atoms with Crippen LogP contribution in [0.25, 0.3) is 0 Å². The Hall–Kier alpha value is -1.69. The third-order valence-corrected chi connectivity index (χ3v) is 2.04. The van der Waals surface area contributed by atoms with Crippen molar-refractivity contribution >= 4 is 5.69 Å². The summed E-state index contributed by atoms with van der Waals surface area (Å²) in [6.07, 6.45) is 0. The van der Waals surface area contributed by atoms with Crippen LogP contribution in [0.1, 0.15) is 13.8 Å². The smallest absolute Gasteiger partial charge is 0.305 e. The molecule has 0 atom stereocenters. The lowest BCUT2D eigenvalue weighted by molar-refractivity contribution is -0.387. The molecular formula is C11H15FN2O3. The summed E-state index contributed by atoms with van der Waals surface area (Å²) in [4.78, 5) is 9.62. The normalized spacial score (nSPS) is 10.6. The van der Waals surface area contributed by atoms with Crippen molar-refractivity contribution in [1.82, 2.24) is 5.32 Å². The van der Waals surface area contributed by atoms with E-state index in [4.69, 9.17) is 4.74 Å². The fourth-order valence-electron chi connectivity index (χ4n) is 1.24. The highest BCUT2D eigenvalue weighted by Gasteiger charge is 2.13. The summed E-state index contributed by atoms with van der Waals surface area (Å²) in [5, 5.41) is 13.5. The number of hydrogen-bond acceptors (Lipinski definition) is 4. The van der Waals surface area contributed by atoms with Gasteiger partial charge in [0.25, 0.3) is 0 Å². The third kappa shape index (κ3) is 4.36. The Bertz CT molecular complexity index is 396. The minimum Gasteiger partial charge on any atom is -0.492 e. The van der Waals surface area contributed by atoms with Crippen LogP contribution in [0.3, 0.4) is 0 Å². The van der Waals surface area contributed by atoms with Crippen molar-refractivity contribution in [3.63, 3.8) is 0 Å². The molecule has 0 fully saturated rings. The molecule has 1 aromatic carbocycles. The minimum absolute atomic E-state index is 0.290. The maximum Gasteiger partial charge on any atom is 0.305 e. The summed E-state index contributed by atoms with van der Waals surface area (Å²) >= 11 is 0. The molecule has 0 saturated heterocycles. The Morgan fingerprint density at radius 2 is 2.24 bits per heavy atom. The first kappa shape index (κ1) is 13.4. The van der Waals surface area contributed by atoms with Crippen molar-refractivity contribution in [2.75, 3.05) is 13.2 Å².